The van der Waals surface area contributed by atoms with Crippen molar-refractivity contribution in [2.24, 2.45) is 0 Å². The monoisotopic (exact) mass is 418 g/mol. The van der Waals surface area contributed by atoms with Crippen LogP contribution in [0, 0.1) is 6.92 Å². The summed E-state index contributed by atoms with van der Waals surface area (Å²) in [5.41, 5.74) is 4.77. The topological polar surface area (TPSA) is 59.5 Å². The number of likely N-dealkylation sites (N-methyl/N-ethyl adjacent to an activating group) is 1. The van der Waals surface area contributed by atoms with E-state index in [-0.39, 0.29) is 6.04 Å². The van der Waals surface area contributed by atoms with Gasteiger partial charge in [-0.05, 0) is 56.1 Å². The molecule has 0 amide bonds. The zero-order chi connectivity index (χ0) is 22.0. The van der Waals surface area contributed by atoms with Crippen molar-refractivity contribution in [2.45, 2.75) is 26.3 Å². The number of nitrogens with zero attached hydrogens (tertiary/aromatic N) is 3. The highest BCUT2D eigenvalue weighted by atomic mass is 16.5. The van der Waals surface area contributed by atoms with Gasteiger partial charge in [0.15, 0.2) is 11.5 Å². The van der Waals surface area contributed by atoms with Gasteiger partial charge in [0.25, 0.3) is 0 Å². The van der Waals surface area contributed by atoms with Crippen molar-refractivity contribution in [3.05, 3.63) is 59.4 Å². The summed E-state index contributed by atoms with van der Waals surface area (Å²) < 4.78 is 10.9. The second-order valence-corrected chi connectivity index (χ2v) is 8.08. The fourth-order valence-electron chi connectivity index (χ4n) is 4.01. The fraction of sp³-hybridized carbons (Fsp3) is 0.360. The molecule has 0 aliphatic carbocycles. The predicted octanol–water partition coefficient (Wildman–Crippen LogP) is 4.85. The van der Waals surface area contributed by atoms with Crippen molar-refractivity contribution in [1.82, 2.24) is 14.9 Å². The van der Waals surface area contributed by atoms with Crippen LogP contribution in [0.5, 0.6) is 11.5 Å². The van der Waals surface area contributed by atoms with Crippen LogP contribution in [0.1, 0.15) is 36.3 Å². The van der Waals surface area contributed by atoms with Gasteiger partial charge in [0.2, 0.25) is 0 Å². The molecule has 1 aromatic heterocycles. The van der Waals surface area contributed by atoms with Crippen molar-refractivity contribution >= 4 is 22.3 Å². The van der Waals surface area contributed by atoms with Gasteiger partial charge in [0.05, 0.1) is 19.7 Å². The Balaban J connectivity index is 1.66. The average molecular weight is 419 g/mol. The molecule has 1 aliphatic heterocycles. The van der Waals surface area contributed by atoms with Crippen molar-refractivity contribution in [3.63, 3.8) is 0 Å². The van der Waals surface area contributed by atoms with E-state index in [2.05, 4.69) is 64.5 Å². The Hall–Kier alpha value is -3.12. The third kappa shape index (κ3) is 4.49. The number of hydrogen-bond acceptors (Lipinski definition) is 6. The number of nitrogens with one attached hydrogen (secondary N) is 1. The number of methoxy groups -OCH3 is 2. The number of hydrogen-bond donors (Lipinski definition) is 1. The molecule has 1 N–H and O–H groups in total. The molecule has 1 atom stereocenters. The Labute approximate surface area is 183 Å². The van der Waals surface area contributed by atoms with Crippen LogP contribution in [0.15, 0.2) is 42.5 Å². The number of aryl methyl sites for hydroxylation is 1. The highest BCUT2D eigenvalue weighted by Gasteiger charge is 2.16. The Morgan fingerprint density at radius 2 is 1.84 bits per heavy atom. The first-order chi connectivity index (χ1) is 15.0. The number of benzene rings is 2. The summed E-state index contributed by atoms with van der Waals surface area (Å²) in [6, 6.07) is 12.7. The maximum Gasteiger partial charge on any atom is 0.162 e. The van der Waals surface area contributed by atoms with Crippen LogP contribution in [-0.2, 0) is 0 Å². The zero-order valence-electron chi connectivity index (χ0n) is 18.9. The summed E-state index contributed by atoms with van der Waals surface area (Å²) >= 11 is 0. The van der Waals surface area contributed by atoms with Crippen molar-refractivity contribution in [2.75, 3.05) is 39.7 Å². The van der Waals surface area contributed by atoms with Crippen molar-refractivity contribution < 1.29 is 9.47 Å². The maximum atomic E-state index is 5.49. The van der Waals surface area contributed by atoms with Crippen LogP contribution in [0.25, 0.3) is 16.5 Å². The number of fused-ring (bicyclic) bond motifs is 1. The summed E-state index contributed by atoms with van der Waals surface area (Å²) in [5, 5.41) is 4.50. The first-order valence-electron chi connectivity index (χ1n) is 10.6. The van der Waals surface area contributed by atoms with Gasteiger partial charge in [-0.3, -0.25) is 0 Å². The third-order valence-electron chi connectivity index (χ3n) is 5.84. The van der Waals surface area contributed by atoms with Gasteiger partial charge >= 0.3 is 0 Å². The minimum Gasteiger partial charge on any atom is -0.493 e. The van der Waals surface area contributed by atoms with Gasteiger partial charge < -0.3 is 19.7 Å². The molecule has 4 rings (SSSR count). The Bertz CT molecular complexity index is 1130. The Kier molecular flexibility index (Phi) is 6.09. The highest BCUT2D eigenvalue weighted by Crippen LogP contribution is 2.35. The largest absolute Gasteiger partial charge is 0.493 e. The lowest BCUT2D eigenvalue weighted by atomic mass is 9.96. The fourth-order valence-corrected chi connectivity index (χ4v) is 4.01. The molecule has 6 nitrogen and oxygen atoms in total. The summed E-state index contributed by atoms with van der Waals surface area (Å²) in [4.78, 5) is 11.6. The van der Waals surface area contributed by atoms with E-state index >= 15 is 0 Å². The molecule has 1 aliphatic rings. The highest BCUT2D eigenvalue weighted by molar-refractivity contribution is 5.92. The Morgan fingerprint density at radius 3 is 2.55 bits per heavy atom. The van der Waals surface area contributed by atoms with Crippen LogP contribution in [-0.4, -0.2) is 49.2 Å². The van der Waals surface area contributed by atoms with Crippen molar-refractivity contribution in [1.29, 1.82) is 0 Å². The molecular formula is C25H30N4O2. The molecule has 2 aromatic carbocycles. The molecule has 0 unspecified atom stereocenters. The first kappa shape index (κ1) is 21.1. The minimum absolute atomic E-state index is 0.0809. The van der Waals surface area contributed by atoms with Gasteiger partial charge in [-0.1, -0.05) is 24.3 Å². The van der Waals surface area contributed by atoms with E-state index < -0.39 is 0 Å². The molecule has 0 spiro atoms. The van der Waals surface area contributed by atoms with Gasteiger partial charge in [-0.15, -0.1) is 0 Å². The lowest BCUT2D eigenvalue weighted by Crippen LogP contribution is -2.23. The number of aromatic nitrogens is 2. The summed E-state index contributed by atoms with van der Waals surface area (Å²) in [6.07, 6.45) is 3.42. The second-order valence-electron chi connectivity index (χ2n) is 8.08. The van der Waals surface area contributed by atoms with Gasteiger partial charge in [-0.25, -0.2) is 9.97 Å². The predicted molar refractivity (Wildman–Crippen MR) is 126 cm³/mol. The smallest absolute Gasteiger partial charge is 0.162 e. The molecule has 0 radical (unpaired) electrons. The maximum absolute atomic E-state index is 5.49. The van der Waals surface area contributed by atoms with Gasteiger partial charge in [0, 0.05) is 30.6 Å². The van der Waals surface area contributed by atoms with Crippen LogP contribution < -0.4 is 14.8 Å². The standard InChI is InChI=1S/C25H30N4O2/c1-16(19-7-6-8-20(13-19)18-9-11-29(3)12-10-18)26-25-21-14-23(30-4)24(31-5)15-22(21)27-17(2)28-25/h6-9,13-16H,10-12H2,1-5H3,(H,26,27,28)/t16-/m1/s1. The number of ether oxygens (including phenoxy) is 2. The lowest BCUT2D eigenvalue weighted by Gasteiger charge is -2.23. The zero-order valence-corrected chi connectivity index (χ0v) is 18.9. The summed E-state index contributed by atoms with van der Waals surface area (Å²) in [7, 11) is 5.43. The average Bonchev–Trinajstić information content (AvgIpc) is 2.78. The molecule has 162 valence electrons. The van der Waals surface area contributed by atoms with Crippen LogP contribution in [0.2, 0.25) is 0 Å². The molecule has 0 saturated heterocycles. The number of anilines is 1. The Morgan fingerprint density at radius 1 is 1.06 bits per heavy atom. The summed E-state index contributed by atoms with van der Waals surface area (Å²) in [5.74, 6) is 2.82. The SMILES string of the molecule is COc1cc2nc(C)nc(N[C@H](C)c3cccc(C4=CCN(C)CC4)c3)c2cc1OC. The quantitative estimate of drug-likeness (QED) is 0.618. The molecule has 6 heteroatoms. The van der Waals surface area contributed by atoms with Crippen LogP contribution >= 0.6 is 0 Å². The van der Waals surface area contributed by atoms with Crippen molar-refractivity contribution in [3.8, 4) is 11.5 Å². The van der Waals surface area contributed by atoms with E-state index in [4.69, 9.17) is 9.47 Å². The van der Waals surface area contributed by atoms with Gasteiger partial charge in [-0.2, -0.15) is 0 Å². The molecule has 3 aromatic rings. The molecule has 0 saturated carbocycles. The van der Waals surface area contributed by atoms with Crippen LogP contribution in [0.4, 0.5) is 5.82 Å². The molecule has 0 bridgehead atoms. The lowest BCUT2D eigenvalue weighted by molar-refractivity contribution is 0.356. The molecule has 2 heterocycles. The van der Waals surface area contributed by atoms with E-state index in [1.54, 1.807) is 14.2 Å². The molecule has 0 fully saturated rings. The summed E-state index contributed by atoms with van der Waals surface area (Å²) in [6.45, 7) is 6.16. The first-order valence-corrected chi connectivity index (χ1v) is 10.6. The van der Waals surface area contributed by atoms with Crippen LogP contribution in [0.3, 0.4) is 0 Å². The number of rotatable bonds is 6. The van der Waals surface area contributed by atoms with E-state index in [1.165, 1.54) is 16.7 Å². The van der Waals surface area contributed by atoms with E-state index in [1.807, 2.05) is 19.1 Å². The molecule has 31 heavy (non-hydrogen) atoms. The van der Waals surface area contributed by atoms with E-state index in [0.29, 0.717) is 17.3 Å². The second kappa shape index (κ2) is 8.94. The van der Waals surface area contributed by atoms with Gasteiger partial charge in [0.1, 0.15) is 11.6 Å². The molecular weight excluding hydrogens is 388 g/mol. The van der Waals surface area contributed by atoms with E-state index in [9.17, 15) is 0 Å². The third-order valence-corrected chi connectivity index (χ3v) is 5.84. The normalized spacial score (nSPS) is 15.5. The minimum atomic E-state index is 0.0809. The van der Waals surface area contributed by atoms with E-state index in [0.717, 1.165) is 36.2 Å².